The summed E-state index contributed by atoms with van der Waals surface area (Å²) in [6, 6.07) is 1.97. The molecule has 3 aromatic rings. The Kier molecular flexibility index (Phi) is 3.74. The third-order valence-electron chi connectivity index (χ3n) is 4.72. The molecule has 25 heavy (non-hydrogen) atoms. The largest absolute Gasteiger partial charge is 0.336 e. The van der Waals surface area contributed by atoms with Crippen LogP contribution < -0.4 is 0 Å². The van der Waals surface area contributed by atoms with E-state index in [0.717, 1.165) is 31.0 Å². The number of piperidine rings is 1. The molecule has 8 heteroatoms. The van der Waals surface area contributed by atoms with Crippen LogP contribution in [0.3, 0.4) is 0 Å². The number of carbonyl (C=O) groups is 1. The van der Waals surface area contributed by atoms with Crippen LogP contribution in [0.5, 0.6) is 0 Å². The molecular formula is C17H21N7O. The van der Waals surface area contributed by atoms with E-state index in [2.05, 4.69) is 20.2 Å². The van der Waals surface area contributed by atoms with E-state index >= 15 is 0 Å². The van der Waals surface area contributed by atoms with Crippen LogP contribution in [-0.2, 0) is 0 Å². The van der Waals surface area contributed by atoms with E-state index in [-0.39, 0.29) is 11.9 Å². The molecule has 1 atom stereocenters. The zero-order chi connectivity index (χ0) is 17.6. The first-order valence-corrected chi connectivity index (χ1v) is 8.53. The number of carbonyl (C=O) groups excluding carboxylic acids is 1. The summed E-state index contributed by atoms with van der Waals surface area (Å²) >= 11 is 0. The molecule has 1 aliphatic rings. The molecule has 0 radical (unpaired) electrons. The molecular weight excluding hydrogens is 318 g/mol. The second-order valence-electron chi connectivity index (χ2n) is 6.55. The highest BCUT2D eigenvalue weighted by molar-refractivity contribution is 6.01. The molecule has 0 aliphatic carbocycles. The van der Waals surface area contributed by atoms with Gasteiger partial charge in [0.15, 0.2) is 5.65 Å². The Morgan fingerprint density at radius 3 is 2.84 bits per heavy atom. The van der Waals surface area contributed by atoms with Crippen molar-refractivity contribution in [3.8, 4) is 0 Å². The first-order valence-electron chi connectivity index (χ1n) is 8.53. The van der Waals surface area contributed by atoms with Crippen LogP contribution in [0.4, 0.5) is 0 Å². The van der Waals surface area contributed by atoms with Gasteiger partial charge in [0.25, 0.3) is 5.91 Å². The highest BCUT2D eigenvalue weighted by Gasteiger charge is 2.30. The van der Waals surface area contributed by atoms with Gasteiger partial charge in [0, 0.05) is 25.5 Å². The molecule has 1 aliphatic heterocycles. The van der Waals surface area contributed by atoms with Gasteiger partial charge in [-0.15, -0.1) is 0 Å². The van der Waals surface area contributed by atoms with Gasteiger partial charge in [-0.2, -0.15) is 10.2 Å². The van der Waals surface area contributed by atoms with E-state index < -0.39 is 0 Å². The zero-order valence-corrected chi connectivity index (χ0v) is 14.7. The summed E-state index contributed by atoms with van der Waals surface area (Å²) in [5.41, 5.74) is 1.91. The summed E-state index contributed by atoms with van der Waals surface area (Å²) in [6.07, 6.45) is 5.44. The quantitative estimate of drug-likeness (QED) is 0.710. The van der Waals surface area contributed by atoms with Crippen molar-refractivity contribution in [3.63, 3.8) is 0 Å². The molecule has 4 rings (SSSR count). The summed E-state index contributed by atoms with van der Waals surface area (Å²) in [5.74, 6) is 1.65. The van der Waals surface area contributed by atoms with Gasteiger partial charge in [-0.05, 0) is 39.7 Å². The molecule has 0 aromatic carbocycles. The molecule has 0 spiro atoms. The number of amides is 1. The van der Waals surface area contributed by atoms with Crippen molar-refractivity contribution in [3.05, 3.63) is 41.4 Å². The molecule has 130 valence electrons. The van der Waals surface area contributed by atoms with E-state index in [0.29, 0.717) is 23.4 Å². The van der Waals surface area contributed by atoms with Crippen LogP contribution in [0.2, 0.25) is 0 Å². The third-order valence-corrected chi connectivity index (χ3v) is 4.72. The number of nitrogens with zero attached hydrogens (tertiary/aromatic N) is 7. The first kappa shape index (κ1) is 15.7. The van der Waals surface area contributed by atoms with Crippen molar-refractivity contribution < 1.29 is 4.79 Å². The van der Waals surface area contributed by atoms with Crippen LogP contribution in [-0.4, -0.2) is 53.3 Å². The van der Waals surface area contributed by atoms with Crippen molar-refractivity contribution in [1.82, 2.24) is 34.3 Å². The molecule has 0 bridgehead atoms. The minimum absolute atomic E-state index is 0.00890. The average Bonchev–Trinajstić information content (AvgIpc) is 3.12. The highest BCUT2D eigenvalue weighted by Crippen LogP contribution is 2.25. The maximum absolute atomic E-state index is 13.1. The van der Waals surface area contributed by atoms with Crippen LogP contribution in [0.25, 0.3) is 5.65 Å². The highest BCUT2D eigenvalue weighted by atomic mass is 16.2. The Balaban J connectivity index is 1.63. The fourth-order valence-corrected chi connectivity index (χ4v) is 3.63. The van der Waals surface area contributed by atoms with Crippen molar-refractivity contribution in [2.24, 2.45) is 0 Å². The second-order valence-corrected chi connectivity index (χ2v) is 6.55. The maximum Gasteiger partial charge on any atom is 0.259 e. The Hall–Kier alpha value is -2.77. The lowest BCUT2D eigenvalue weighted by molar-refractivity contribution is 0.0672. The second kappa shape index (κ2) is 5.94. The van der Waals surface area contributed by atoms with Crippen LogP contribution >= 0.6 is 0 Å². The first-order chi connectivity index (χ1) is 12.0. The minimum atomic E-state index is -0.00890. The molecule has 1 fully saturated rings. The van der Waals surface area contributed by atoms with Gasteiger partial charge in [0.05, 0.1) is 11.7 Å². The van der Waals surface area contributed by atoms with Crippen molar-refractivity contribution in [2.75, 3.05) is 13.1 Å². The zero-order valence-electron chi connectivity index (χ0n) is 14.7. The van der Waals surface area contributed by atoms with Crippen LogP contribution in [0.15, 0.2) is 18.5 Å². The van der Waals surface area contributed by atoms with E-state index in [1.165, 1.54) is 0 Å². The summed E-state index contributed by atoms with van der Waals surface area (Å²) in [6.45, 7) is 7.08. The maximum atomic E-state index is 13.1. The fourth-order valence-electron chi connectivity index (χ4n) is 3.63. The fraction of sp³-hybridized carbons (Fsp3) is 0.471. The smallest absolute Gasteiger partial charge is 0.259 e. The van der Waals surface area contributed by atoms with Gasteiger partial charge in [0.2, 0.25) is 0 Å². The predicted molar refractivity (Wildman–Crippen MR) is 91.4 cm³/mol. The molecule has 3 aromatic heterocycles. The van der Waals surface area contributed by atoms with Gasteiger partial charge in [-0.25, -0.2) is 19.2 Å². The minimum Gasteiger partial charge on any atom is -0.336 e. The lowest BCUT2D eigenvalue weighted by atomic mass is 10.0. The lowest BCUT2D eigenvalue weighted by Gasteiger charge is -2.33. The average molecular weight is 339 g/mol. The number of aryl methyl sites for hydroxylation is 3. The number of likely N-dealkylation sites (tertiary alicyclic amines) is 1. The summed E-state index contributed by atoms with van der Waals surface area (Å²) in [4.78, 5) is 23.8. The van der Waals surface area contributed by atoms with Gasteiger partial charge >= 0.3 is 0 Å². The van der Waals surface area contributed by atoms with Gasteiger partial charge in [-0.1, -0.05) is 0 Å². The summed E-state index contributed by atoms with van der Waals surface area (Å²) < 4.78 is 3.62. The molecule has 0 saturated carbocycles. The molecule has 4 heterocycles. The van der Waals surface area contributed by atoms with E-state index in [4.69, 9.17) is 0 Å². The molecule has 8 nitrogen and oxygen atoms in total. The topological polar surface area (TPSA) is 81.2 Å². The van der Waals surface area contributed by atoms with E-state index in [9.17, 15) is 4.79 Å². The molecule has 0 N–H and O–H groups in total. The lowest BCUT2D eigenvalue weighted by Crippen LogP contribution is -2.41. The SMILES string of the molecule is Cc1nc(C)n(C2CCCN(C(=O)c3c(C)nn4cccnc34)C2)n1. The number of fused-ring (bicyclic) bond motifs is 1. The van der Waals surface area contributed by atoms with Crippen molar-refractivity contribution in [1.29, 1.82) is 0 Å². The van der Waals surface area contributed by atoms with Gasteiger partial charge in [-0.3, -0.25) is 4.79 Å². The van der Waals surface area contributed by atoms with E-state index in [1.54, 1.807) is 16.8 Å². The van der Waals surface area contributed by atoms with Crippen molar-refractivity contribution >= 4 is 11.6 Å². The van der Waals surface area contributed by atoms with Crippen molar-refractivity contribution in [2.45, 2.75) is 39.7 Å². The standard InChI is InChI=1S/C17H21N7O/c1-11-15(16-18-7-5-9-23(16)20-11)17(25)22-8-4-6-14(10-22)24-13(3)19-12(2)21-24/h5,7,9,14H,4,6,8,10H2,1-3H3. The molecule has 1 unspecified atom stereocenters. The van der Waals surface area contributed by atoms with Gasteiger partial charge < -0.3 is 4.90 Å². The van der Waals surface area contributed by atoms with E-state index in [1.807, 2.05) is 36.5 Å². The Labute approximate surface area is 145 Å². The van der Waals surface area contributed by atoms with Crippen LogP contribution in [0, 0.1) is 20.8 Å². The molecule has 1 saturated heterocycles. The summed E-state index contributed by atoms with van der Waals surface area (Å²) in [7, 11) is 0. The Morgan fingerprint density at radius 1 is 1.24 bits per heavy atom. The summed E-state index contributed by atoms with van der Waals surface area (Å²) in [5, 5.41) is 8.90. The monoisotopic (exact) mass is 339 g/mol. The molecule has 1 amide bonds. The number of aromatic nitrogens is 6. The number of hydrogen-bond donors (Lipinski definition) is 0. The third kappa shape index (κ3) is 2.67. The normalized spacial score (nSPS) is 18.0. The predicted octanol–water partition coefficient (Wildman–Crippen LogP) is 1.72. The number of rotatable bonds is 2. The van der Waals surface area contributed by atoms with Gasteiger partial charge in [0.1, 0.15) is 17.2 Å². The Morgan fingerprint density at radius 2 is 2.08 bits per heavy atom. The number of hydrogen-bond acceptors (Lipinski definition) is 5. The van der Waals surface area contributed by atoms with Crippen LogP contribution in [0.1, 0.15) is 46.6 Å². The Bertz CT molecular complexity index is 942.